The quantitative estimate of drug-likeness (QED) is 0.292. The van der Waals surface area contributed by atoms with Gasteiger partial charge in [-0.05, 0) is 48.2 Å². The molecule has 0 saturated heterocycles. The molecule has 10 nitrogen and oxygen atoms in total. The van der Waals surface area contributed by atoms with Crippen LogP contribution >= 0.6 is 11.8 Å². The summed E-state index contributed by atoms with van der Waals surface area (Å²) in [6, 6.07) is 11.4. The summed E-state index contributed by atoms with van der Waals surface area (Å²) in [4.78, 5) is 6.98. The number of pyridine rings is 1. The van der Waals surface area contributed by atoms with E-state index in [-0.39, 0.29) is 0 Å². The second kappa shape index (κ2) is 8.04. The minimum absolute atomic E-state index is 0.610. The summed E-state index contributed by atoms with van der Waals surface area (Å²) in [6.07, 6.45) is 9.01. The van der Waals surface area contributed by atoms with Crippen LogP contribution in [0.2, 0.25) is 0 Å². The first-order chi connectivity index (χ1) is 15.7. The van der Waals surface area contributed by atoms with Crippen LogP contribution in [0.25, 0.3) is 27.8 Å². The number of nitrogens with zero attached hydrogens (tertiary/aromatic N) is 8. The lowest BCUT2D eigenvalue weighted by molar-refractivity contribution is 0.813. The summed E-state index contributed by atoms with van der Waals surface area (Å²) in [5.41, 5.74) is 3.75. The van der Waals surface area contributed by atoms with Gasteiger partial charge in [-0.25, -0.2) is 4.68 Å². The molecule has 0 saturated carbocycles. The van der Waals surface area contributed by atoms with Gasteiger partial charge in [0.2, 0.25) is 5.16 Å². The highest BCUT2D eigenvalue weighted by Crippen LogP contribution is 2.32. The predicted molar refractivity (Wildman–Crippen MR) is 124 cm³/mol. The van der Waals surface area contributed by atoms with Gasteiger partial charge in [0, 0.05) is 34.4 Å². The average Bonchev–Trinajstić information content (AvgIpc) is 3.47. The van der Waals surface area contributed by atoms with Gasteiger partial charge in [0.15, 0.2) is 5.65 Å². The standard InChI is InChI=1S/C21H16N10S/c1-2-29(12-22)19-7-8-24-18-4-3-15(9-16(18)19)32-21-27-26-20-6-5-17(28-31(20)21)14-10-25-30(11-14)13-23/h2-13,22-23H,1H2. The average molecular weight is 440 g/mol. The maximum atomic E-state index is 7.64. The molecule has 5 rings (SSSR count). The summed E-state index contributed by atoms with van der Waals surface area (Å²) in [7, 11) is 0. The molecule has 0 amide bonds. The number of nitrogens with one attached hydrogen (secondary N) is 2. The molecule has 4 heterocycles. The molecule has 0 atom stereocenters. The van der Waals surface area contributed by atoms with Crippen LogP contribution < -0.4 is 4.90 Å². The molecule has 0 fully saturated rings. The lowest BCUT2D eigenvalue weighted by Gasteiger charge is -2.16. The minimum Gasteiger partial charge on any atom is -0.308 e. The molecular formula is C21H16N10S. The largest absolute Gasteiger partial charge is 0.308 e. The molecule has 0 radical (unpaired) electrons. The van der Waals surface area contributed by atoms with E-state index >= 15 is 0 Å². The Morgan fingerprint density at radius 1 is 1.09 bits per heavy atom. The molecule has 2 N–H and O–H groups in total. The summed E-state index contributed by atoms with van der Waals surface area (Å²) >= 11 is 1.43. The number of hydrogen-bond acceptors (Lipinski definition) is 8. The molecule has 0 bridgehead atoms. The van der Waals surface area contributed by atoms with E-state index in [4.69, 9.17) is 10.8 Å². The van der Waals surface area contributed by atoms with E-state index in [2.05, 4.69) is 32.0 Å². The number of benzene rings is 1. The van der Waals surface area contributed by atoms with Crippen LogP contribution in [0.3, 0.4) is 0 Å². The van der Waals surface area contributed by atoms with E-state index in [1.165, 1.54) is 22.8 Å². The van der Waals surface area contributed by atoms with Gasteiger partial charge in [0.1, 0.15) is 6.34 Å². The Kier molecular flexibility index (Phi) is 4.92. The van der Waals surface area contributed by atoms with Gasteiger partial charge in [-0.3, -0.25) is 15.8 Å². The molecule has 5 aromatic rings. The maximum Gasteiger partial charge on any atom is 0.217 e. The topological polar surface area (TPSA) is 125 Å². The molecular weight excluding hydrogens is 424 g/mol. The van der Waals surface area contributed by atoms with Crippen molar-refractivity contribution in [2.24, 2.45) is 0 Å². The van der Waals surface area contributed by atoms with Gasteiger partial charge in [-0.2, -0.15) is 14.7 Å². The van der Waals surface area contributed by atoms with Gasteiger partial charge < -0.3 is 4.90 Å². The molecule has 4 aromatic heterocycles. The van der Waals surface area contributed by atoms with Gasteiger partial charge in [0.25, 0.3) is 0 Å². The molecule has 11 heteroatoms. The van der Waals surface area contributed by atoms with Crippen LogP contribution in [0, 0.1) is 10.8 Å². The van der Waals surface area contributed by atoms with Crippen molar-refractivity contribution < 1.29 is 0 Å². The Hall–Kier alpha value is -4.38. The third kappa shape index (κ3) is 3.40. The number of anilines is 1. The Bertz CT molecular complexity index is 1480. The second-order valence-corrected chi connectivity index (χ2v) is 7.68. The third-order valence-corrected chi connectivity index (χ3v) is 5.70. The number of fused-ring (bicyclic) bond motifs is 2. The Morgan fingerprint density at radius 2 is 2.00 bits per heavy atom. The summed E-state index contributed by atoms with van der Waals surface area (Å²) in [6.45, 7) is 3.77. The molecule has 0 aliphatic heterocycles. The van der Waals surface area contributed by atoms with Gasteiger partial charge >= 0.3 is 0 Å². The van der Waals surface area contributed by atoms with Crippen LogP contribution in [0.5, 0.6) is 0 Å². The van der Waals surface area contributed by atoms with Gasteiger partial charge in [0.05, 0.1) is 29.4 Å². The van der Waals surface area contributed by atoms with Crippen LogP contribution in [-0.4, -0.2) is 47.3 Å². The molecule has 0 unspecified atom stereocenters. The molecule has 1 aromatic carbocycles. The fraction of sp³-hybridized carbons (Fsp3) is 0. The first-order valence-corrected chi connectivity index (χ1v) is 10.3. The zero-order chi connectivity index (χ0) is 22.1. The summed E-state index contributed by atoms with van der Waals surface area (Å²) < 4.78 is 3.09. The number of rotatable bonds is 7. The zero-order valence-corrected chi connectivity index (χ0v) is 17.4. The van der Waals surface area contributed by atoms with Crippen LogP contribution in [0.4, 0.5) is 5.69 Å². The third-order valence-electron chi connectivity index (χ3n) is 4.78. The van der Waals surface area contributed by atoms with Crippen molar-refractivity contribution in [2.45, 2.75) is 10.1 Å². The van der Waals surface area contributed by atoms with E-state index in [0.717, 1.165) is 33.4 Å². The molecule has 0 spiro atoms. The van der Waals surface area contributed by atoms with Crippen LogP contribution in [0.1, 0.15) is 0 Å². The fourth-order valence-corrected chi connectivity index (χ4v) is 4.08. The molecule has 0 aliphatic rings. The Morgan fingerprint density at radius 3 is 2.78 bits per heavy atom. The minimum atomic E-state index is 0.610. The highest BCUT2D eigenvalue weighted by molar-refractivity contribution is 7.99. The molecule has 32 heavy (non-hydrogen) atoms. The SMILES string of the molecule is C=CN(C=N)c1ccnc2ccc(Sc3nnc4ccc(-c5cnn(C=N)c5)nn34)cc12. The van der Waals surface area contributed by atoms with Crippen molar-refractivity contribution in [1.82, 2.24) is 34.6 Å². The van der Waals surface area contributed by atoms with Crippen molar-refractivity contribution in [3.05, 3.63) is 67.8 Å². The van der Waals surface area contributed by atoms with Crippen molar-refractivity contribution in [1.29, 1.82) is 10.8 Å². The van der Waals surface area contributed by atoms with Gasteiger partial charge in [-0.15, -0.1) is 10.2 Å². The maximum absolute atomic E-state index is 7.64. The van der Waals surface area contributed by atoms with E-state index in [0.29, 0.717) is 16.5 Å². The molecule has 156 valence electrons. The summed E-state index contributed by atoms with van der Waals surface area (Å²) in [5, 5.41) is 33.7. The van der Waals surface area contributed by atoms with Gasteiger partial charge in [-0.1, -0.05) is 6.58 Å². The smallest absolute Gasteiger partial charge is 0.217 e. The lowest BCUT2D eigenvalue weighted by Crippen LogP contribution is -2.12. The second-order valence-electron chi connectivity index (χ2n) is 6.64. The summed E-state index contributed by atoms with van der Waals surface area (Å²) in [5.74, 6) is 0. The first kappa shape index (κ1) is 19.6. The monoisotopic (exact) mass is 440 g/mol. The van der Waals surface area contributed by atoms with E-state index < -0.39 is 0 Å². The van der Waals surface area contributed by atoms with Crippen molar-refractivity contribution in [3.63, 3.8) is 0 Å². The lowest BCUT2D eigenvalue weighted by atomic mass is 10.2. The fourth-order valence-electron chi connectivity index (χ4n) is 3.25. The van der Waals surface area contributed by atoms with E-state index in [1.807, 2.05) is 36.4 Å². The van der Waals surface area contributed by atoms with Crippen molar-refractivity contribution in [3.8, 4) is 11.3 Å². The van der Waals surface area contributed by atoms with Crippen molar-refractivity contribution >= 4 is 46.7 Å². The first-order valence-electron chi connectivity index (χ1n) is 9.46. The van der Waals surface area contributed by atoms with E-state index in [9.17, 15) is 0 Å². The Labute approximate surface area is 186 Å². The van der Waals surface area contributed by atoms with Crippen molar-refractivity contribution in [2.75, 3.05) is 4.90 Å². The van der Waals surface area contributed by atoms with E-state index in [1.54, 1.807) is 34.2 Å². The highest BCUT2D eigenvalue weighted by atomic mass is 32.2. The van der Waals surface area contributed by atoms with Crippen LogP contribution in [-0.2, 0) is 0 Å². The van der Waals surface area contributed by atoms with Crippen LogP contribution in [0.15, 0.2) is 77.8 Å². The number of hydrogen-bond donors (Lipinski definition) is 2. The zero-order valence-electron chi connectivity index (χ0n) is 16.6. The normalized spacial score (nSPS) is 11.0. The highest BCUT2D eigenvalue weighted by Gasteiger charge is 2.13. The molecule has 0 aliphatic carbocycles. The Balaban J connectivity index is 1.54. The number of aromatic nitrogens is 7. The predicted octanol–water partition coefficient (Wildman–Crippen LogP) is 3.70.